The van der Waals surface area contributed by atoms with Crippen molar-refractivity contribution < 1.29 is 4.74 Å². The van der Waals surface area contributed by atoms with Gasteiger partial charge in [-0.15, -0.1) is 0 Å². The summed E-state index contributed by atoms with van der Waals surface area (Å²) in [6.07, 6.45) is 3.71. The van der Waals surface area contributed by atoms with Crippen LogP contribution in [0.2, 0.25) is 0 Å². The maximum atomic E-state index is 5.87. The van der Waals surface area contributed by atoms with Crippen LogP contribution in [0.3, 0.4) is 0 Å². The molecule has 1 heteroatoms. The molecule has 1 nitrogen and oxygen atoms in total. The molecule has 1 aliphatic rings. The van der Waals surface area contributed by atoms with E-state index in [2.05, 4.69) is 45.0 Å². The third kappa shape index (κ3) is 2.23. The predicted octanol–water partition coefficient (Wildman–Crippen LogP) is 4.06. The zero-order valence-corrected chi connectivity index (χ0v) is 10.6. The Labute approximate surface area is 98.8 Å². The first-order valence-corrected chi connectivity index (χ1v) is 6.34. The van der Waals surface area contributed by atoms with Gasteiger partial charge in [0.05, 0.1) is 6.61 Å². The van der Waals surface area contributed by atoms with E-state index < -0.39 is 0 Å². The van der Waals surface area contributed by atoms with Crippen LogP contribution < -0.4 is 4.74 Å². The molecule has 0 fully saturated rings. The Kier molecular flexibility index (Phi) is 3.22. The van der Waals surface area contributed by atoms with Crippen molar-refractivity contribution in [2.75, 3.05) is 6.61 Å². The van der Waals surface area contributed by atoms with Gasteiger partial charge in [0.15, 0.2) is 0 Å². The van der Waals surface area contributed by atoms with Crippen LogP contribution in [0, 0.1) is 11.3 Å². The topological polar surface area (TPSA) is 9.23 Å². The molecule has 1 aromatic rings. The lowest BCUT2D eigenvalue weighted by molar-refractivity contribution is 0.104. The zero-order chi connectivity index (χ0) is 11.6. The average molecular weight is 218 g/mol. The molecule has 1 aliphatic heterocycles. The van der Waals surface area contributed by atoms with Crippen LogP contribution in [-0.2, 0) is 6.42 Å². The minimum absolute atomic E-state index is 0.391. The normalized spacial score (nSPS) is 20.1. The largest absolute Gasteiger partial charge is 0.493 e. The van der Waals surface area contributed by atoms with E-state index in [9.17, 15) is 0 Å². The van der Waals surface area contributed by atoms with E-state index in [1.165, 1.54) is 24.8 Å². The number of rotatable bonds is 3. The van der Waals surface area contributed by atoms with E-state index in [0.717, 1.165) is 12.4 Å². The fourth-order valence-electron chi connectivity index (χ4n) is 2.68. The lowest BCUT2D eigenvalue weighted by Gasteiger charge is -2.37. The summed E-state index contributed by atoms with van der Waals surface area (Å²) in [7, 11) is 0. The van der Waals surface area contributed by atoms with Crippen LogP contribution in [-0.4, -0.2) is 6.61 Å². The summed E-state index contributed by atoms with van der Waals surface area (Å²) in [6, 6.07) is 8.44. The van der Waals surface area contributed by atoms with Gasteiger partial charge in [0.25, 0.3) is 0 Å². The monoisotopic (exact) mass is 218 g/mol. The first kappa shape index (κ1) is 11.5. The van der Waals surface area contributed by atoms with Gasteiger partial charge < -0.3 is 4.74 Å². The standard InChI is InChI=1S/C15H22O/c1-4-9-15(2,3)13-10-12-7-5-6-8-14(12)16-11-13/h5-8,13H,4,9-11H2,1-3H3. The zero-order valence-electron chi connectivity index (χ0n) is 10.6. The molecule has 0 aromatic heterocycles. The van der Waals surface area contributed by atoms with Crippen molar-refractivity contribution in [3.8, 4) is 5.75 Å². The maximum absolute atomic E-state index is 5.87. The second-order valence-electron chi connectivity index (χ2n) is 5.56. The number of benzene rings is 1. The van der Waals surface area contributed by atoms with E-state index in [1.807, 2.05) is 0 Å². The first-order valence-electron chi connectivity index (χ1n) is 6.34. The number of hydrogen-bond donors (Lipinski definition) is 0. The van der Waals surface area contributed by atoms with E-state index in [-0.39, 0.29) is 0 Å². The molecule has 0 radical (unpaired) electrons. The fourth-order valence-corrected chi connectivity index (χ4v) is 2.68. The van der Waals surface area contributed by atoms with Crippen LogP contribution in [0.5, 0.6) is 5.75 Å². The molecule has 2 rings (SSSR count). The highest BCUT2D eigenvalue weighted by molar-refractivity contribution is 5.35. The highest BCUT2D eigenvalue weighted by Gasteiger charge is 2.32. The van der Waals surface area contributed by atoms with Gasteiger partial charge in [0, 0.05) is 5.92 Å². The summed E-state index contributed by atoms with van der Waals surface area (Å²) in [5.41, 5.74) is 1.77. The average Bonchev–Trinajstić information content (AvgIpc) is 2.28. The fraction of sp³-hybridized carbons (Fsp3) is 0.600. The molecule has 0 spiro atoms. The maximum Gasteiger partial charge on any atom is 0.122 e. The van der Waals surface area contributed by atoms with Crippen LogP contribution in [0.15, 0.2) is 24.3 Å². The molecule has 0 saturated carbocycles. The van der Waals surface area contributed by atoms with Gasteiger partial charge in [0.1, 0.15) is 5.75 Å². The summed E-state index contributed by atoms with van der Waals surface area (Å²) in [6.45, 7) is 7.89. The molecule has 1 heterocycles. The van der Waals surface area contributed by atoms with E-state index in [4.69, 9.17) is 4.74 Å². The minimum Gasteiger partial charge on any atom is -0.493 e. The van der Waals surface area contributed by atoms with Crippen LogP contribution >= 0.6 is 0 Å². The van der Waals surface area contributed by atoms with E-state index in [0.29, 0.717) is 11.3 Å². The second-order valence-corrected chi connectivity index (χ2v) is 5.56. The SMILES string of the molecule is CCCC(C)(C)C1COc2ccccc2C1. The highest BCUT2D eigenvalue weighted by atomic mass is 16.5. The Balaban J connectivity index is 2.13. The van der Waals surface area contributed by atoms with Crippen LogP contribution in [0.4, 0.5) is 0 Å². The van der Waals surface area contributed by atoms with Crippen molar-refractivity contribution in [3.05, 3.63) is 29.8 Å². The summed E-state index contributed by atoms with van der Waals surface area (Å²) in [4.78, 5) is 0. The van der Waals surface area contributed by atoms with Gasteiger partial charge in [0.2, 0.25) is 0 Å². The number of fused-ring (bicyclic) bond motifs is 1. The van der Waals surface area contributed by atoms with Crippen molar-refractivity contribution in [3.63, 3.8) is 0 Å². The Morgan fingerprint density at radius 2 is 2.06 bits per heavy atom. The third-order valence-electron chi connectivity index (χ3n) is 3.88. The van der Waals surface area contributed by atoms with Crippen molar-refractivity contribution in [2.45, 2.75) is 40.0 Å². The predicted molar refractivity (Wildman–Crippen MR) is 67.8 cm³/mol. The van der Waals surface area contributed by atoms with Gasteiger partial charge >= 0.3 is 0 Å². The summed E-state index contributed by atoms with van der Waals surface area (Å²) in [5, 5.41) is 0. The highest BCUT2D eigenvalue weighted by Crippen LogP contribution is 2.39. The lowest BCUT2D eigenvalue weighted by atomic mass is 9.72. The molecule has 1 aromatic carbocycles. The first-order chi connectivity index (χ1) is 7.63. The number of ether oxygens (including phenoxy) is 1. The minimum atomic E-state index is 0.391. The third-order valence-corrected chi connectivity index (χ3v) is 3.88. The second kappa shape index (κ2) is 4.48. The summed E-state index contributed by atoms with van der Waals surface area (Å²) < 4.78 is 5.87. The van der Waals surface area contributed by atoms with Gasteiger partial charge in [-0.05, 0) is 29.9 Å². The molecule has 88 valence electrons. The Morgan fingerprint density at radius 3 is 2.81 bits per heavy atom. The number of hydrogen-bond acceptors (Lipinski definition) is 1. The van der Waals surface area contributed by atoms with Crippen molar-refractivity contribution in [1.29, 1.82) is 0 Å². The molecular formula is C15H22O. The molecule has 1 atom stereocenters. The molecule has 1 unspecified atom stereocenters. The molecule has 0 N–H and O–H groups in total. The van der Waals surface area contributed by atoms with E-state index in [1.54, 1.807) is 0 Å². The molecular weight excluding hydrogens is 196 g/mol. The van der Waals surface area contributed by atoms with Crippen molar-refractivity contribution >= 4 is 0 Å². The Hall–Kier alpha value is -0.980. The van der Waals surface area contributed by atoms with Gasteiger partial charge in [-0.25, -0.2) is 0 Å². The number of para-hydroxylation sites is 1. The van der Waals surface area contributed by atoms with Crippen molar-refractivity contribution in [1.82, 2.24) is 0 Å². The molecule has 0 saturated heterocycles. The van der Waals surface area contributed by atoms with Crippen LogP contribution in [0.1, 0.15) is 39.2 Å². The van der Waals surface area contributed by atoms with Gasteiger partial charge in [-0.2, -0.15) is 0 Å². The summed E-state index contributed by atoms with van der Waals surface area (Å²) in [5.74, 6) is 1.74. The van der Waals surface area contributed by atoms with Gasteiger partial charge in [-0.1, -0.05) is 45.4 Å². The molecule has 16 heavy (non-hydrogen) atoms. The molecule has 0 amide bonds. The van der Waals surface area contributed by atoms with Crippen molar-refractivity contribution in [2.24, 2.45) is 11.3 Å². The lowest BCUT2D eigenvalue weighted by Crippen LogP contribution is -2.33. The summed E-state index contributed by atoms with van der Waals surface area (Å²) >= 11 is 0. The molecule has 0 bridgehead atoms. The smallest absolute Gasteiger partial charge is 0.122 e. The Morgan fingerprint density at radius 1 is 1.31 bits per heavy atom. The molecule has 0 aliphatic carbocycles. The Bertz CT molecular complexity index is 354. The quantitative estimate of drug-likeness (QED) is 0.743. The van der Waals surface area contributed by atoms with E-state index >= 15 is 0 Å². The van der Waals surface area contributed by atoms with Gasteiger partial charge in [-0.3, -0.25) is 0 Å². The van der Waals surface area contributed by atoms with Crippen LogP contribution in [0.25, 0.3) is 0 Å².